The molecular formula is C13H13F3O. The second-order valence-electron chi connectivity index (χ2n) is 4.47. The fourth-order valence-corrected chi connectivity index (χ4v) is 2.20. The maximum atomic E-state index is 12.5. The average molecular weight is 242 g/mol. The smallest absolute Gasteiger partial charge is 0.303 e. The summed E-state index contributed by atoms with van der Waals surface area (Å²) in [6, 6.07) is 5.51. The van der Waals surface area contributed by atoms with E-state index >= 15 is 0 Å². The molecule has 1 aliphatic carbocycles. The van der Waals surface area contributed by atoms with Crippen LogP contribution in [0.5, 0.6) is 0 Å². The molecule has 2 rings (SSSR count). The molecule has 1 aromatic rings. The van der Waals surface area contributed by atoms with Gasteiger partial charge in [0.25, 0.3) is 0 Å². The Hall–Kier alpha value is -1.32. The highest BCUT2D eigenvalue weighted by molar-refractivity contribution is 5.49. The summed E-state index contributed by atoms with van der Waals surface area (Å²) < 4.78 is 37.5. The number of carbonyl (C=O) groups is 1. The summed E-state index contributed by atoms with van der Waals surface area (Å²) in [6.07, 6.45) is -1.23. The number of hydrogen-bond acceptors (Lipinski definition) is 1. The lowest BCUT2D eigenvalue weighted by molar-refractivity contribution is -0.137. The highest BCUT2D eigenvalue weighted by atomic mass is 19.4. The molecule has 1 fully saturated rings. The molecule has 0 radical (unpaired) electrons. The molecule has 1 saturated carbocycles. The Morgan fingerprint density at radius 3 is 2.76 bits per heavy atom. The quantitative estimate of drug-likeness (QED) is 0.734. The zero-order chi connectivity index (χ0) is 12.5. The van der Waals surface area contributed by atoms with Crippen molar-refractivity contribution < 1.29 is 18.0 Å². The van der Waals surface area contributed by atoms with Crippen LogP contribution in [0, 0.1) is 5.92 Å². The predicted octanol–water partition coefficient (Wildman–Crippen LogP) is 3.79. The second kappa shape index (κ2) is 4.51. The molecule has 17 heavy (non-hydrogen) atoms. The van der Waals surface area contributed by atoms with E-state index in [9.17, 15) is 18.0 Å². The van der Waals surface area contributed by atoms with Gasteiger partial charge in [-0.2, -0.15) is 13.2 Å². The van der Waals surface area contributed by atoms with Crippen LogP contribution >= 0.6 is 0 Å². The SMILES string of the molecule is O=CCCC1CC1c1cccc(C(F)(F)F)c1. The Bertz CT molecular complexity index is 411. The fourth-order valence-electron chi connectivity index (χ4n) is 2.20. The summed E-state index contributed by atoms with van der Waals surface area (Å²) in [4.78, 5) is 10.2. The average Bonchev–Trinajstić information content (AvgIpc) is 3.05. The van der Waals surface area contributed by atoms with Crippen molar-refractivity contribution in [3.05, 3.63) is 35.4 Å². The highest BCUT2D eigenvalue weighted by Crippen LogP contribution is 2.50. The third-order valence-corrected chi connectivity index (χ3v) is 3.22. The standard InChI is InChI=1S/C13H13F3O/c14-13(15,16)11-5-1-3-9(7-11)12-8-10(12)4-2-6-17/h1,3,5-7,10,12H,2,4,8H2. The molecular weight excluding hydrogens is 229 g/mol. The van der Waals surface area contributed by atoms with Gasteiger partial charge in [-0.25, -0.2) is 0 Å². The minimum absolute atomic E-state index is 0.206. The van der Waals surface area contributed by atoms with Crippen LogP contribution in [0.3, 0.4) is 0 Å². The number of halogens is 3. The number of alkyl halides is 3. The second-order valence-corrected chi connectivity index (χ2v) is 4.47. The normalized spacial score (nSPS) is 23.5. The topological polar surface area (TPSA) is 17.1 Å². The largest absolute Gasteiger partial charge is 0.416 e. The lowest BCUT2D eigenvalue weighted by atomic mass is 10.0. The number of carbonyl (C=O) groups excluding carboxylic acids is 1. The van der Waals surface area contributed by atoms with Gasteiger partial charge in [-0.3, -0.25) is 0 Å². The number of benzene rings is 1. The Morgan fingerprint density at radius 2 is 2.12 bits per heavy atom. The third kappa shape index (κ3) is 2.87. The lowest BCUT2D eigenvalue weighted by Gasteiger charge is -2.08. The van der Waals surface area contributed by atoms with E-state index in [2.05, 4.69) is 0 Å². The minimum Gasteiger partial charge on any atom is -0.303 e. The molecule has 0 spiro atoms. The van der Waals surface area contributed by atoms with E-state index < -0.39 is 11.7 Å². The van der Waals surface area contributed by atoms with Gasteiger partial charge in [0.15, 0.2) is 0 Å². The van der Waals surface area contributed by atoms with Crippen molar-refractivity contribution in [2.75, 3.05) is 0 Å². The van der Waals surface area contributed by atoms with Crippen molar-refractivity contribution in [3.63, 3.8) is 0 Å². The molecule has 4 heteroatoms. The van der Waals surface area contributed by atoms with Gasteiger partial charge < -0.3 is 4.79 Å². The van der Waals surface area contributed by atoms with Crippen molar-refractivity contribution in [2.45, 2.75) is 31.4 Å². The molecule has 0 aliphatic heterocycles. The summed E-state index contributed by atoms with van der Waals surface area (Å²) in [7, 11) is 0. The van der Waals surface area contributed by atoms with Crippen LogP contribution in [0.2, 0.25) is 0 Å². The van der Waals surface area contributed by atoms with Crippen LogP contribution in [0.25, 0.3) is 0 Å². The van der Waals surface area contributed by atoms with E-state index in [0.717, 1.165) is 30.8 Å². The van der Waals surface area contributed by atoms with Gasteiger partial charge in [-0.15, -0.1) is 0 Å². The van der Waals surface area contributed by atoms with Crippen molar-refractivity contribution in [1.29, 1.82) is 0 Å². The molecule has 0 amide bonds. The monoisotopic (exact) mass is 242 g/mol. The van der Waals surface area contributed by atoms with Gasteiger partial charge in [0.2, 0.25) is 0 Å². The fraction of sp³-hybridized carbons (Fsp3) is 0.462. The molecule has 2 atom stereocenters. The van der Waals surface area contributed by atoms with Crippen LogP contribution in [0.4, 0.5) is 13.2 Å². The maximum Gasteiger partial charge on any atom is 0.416 e. The summed E-state index contributed by atoms with van der Waals surface area (Å²) in [5, 5.41) is 0. The first-order chi connectivity index (χ1) is 8.02. The molecule has 92 valence electrons. The number of hydrogen-bond donors (Lipinski definition) is 0. The van der Waals surface area contributed by atoms with Crippen molar-refractivity contribution in [2.24, 2.45) is 5.92 Å². The first-order valence-corrected chi connectivity index (χ1v) is 5.63. The first-order valence-electron chi connectivity index (χ1n) is 5.63. The zero-order valence-corrected chi connectivity index (χ0v) is 9.20. The van der Waals surface area contributed by atoms with Crippen molar-refractivity contribution in [3.8, 4) is 0 Å². The van der Waals surface area contributed by atoms with Gasteiger partial charge in [0, 0.05) is 6.42 Å². The van der Waals surface area contributed by atoms with Gasteiger partial charge in [0.05, 0.1) is 5.56 Å². The summed E-state index contributed by atoms with van der Waals surface area (Å²) in [5.41, 5.74) is 0.159. The van der Waals surface area contributed by atoms with E-state index in [0.29, 0.717) is 12.3 Å². The molecule has 1 aromatic carbocycles. The van der Waals surface area contributed by atoms with Crippen LogP contribution < -0.4 is 0 Å². The molecule has 0 bridgehead atoms. The Balaban J connectivity index is 2.06. The van der Waals surface area contributed by atoms with Gasteiger partial charge in [-0.05, 0) is 36.3 Å². The van der Waals surface area contributed by atoms with Gasteiger partial charge in [-0.1, -0.05) is 18.2 Å². The van der Waals surface area contributed by atoms with E-state index in [-0.39, 0.29) is 5.92 Å². The number of rotatable bonds is 4. The van der Waals surface area contributed by atoms with Crippen LogP contribution in [0.1, 0.15) is 36.3 Å². The first kappa shape index (κ1) is 12.1. The molecule has 0 aromatic heterocycles. The van der Waals surface area contributed by atoms with Crippen LogP contribution in [0.15, 0.2) is 24.3 Å². The summed E-state index contributed by atoms with van der Waals surface area (Å²) in [5.74, 6) is 0.584. The summed E-state index contributed by atoms with van der Waals surface area (Å²) in [6.45, 7) is 0. The Labute approximate surface area is 97.6 Å². The maximum absolute atomic E-state index is 12.5. The highest BCUT2D eigenvalue weighted by Gasteiger charge is 2.39. The zero-order valence-electron chi connectivity index (χ0n) is 9.20. The van der Waals surface area contributed by atoms with E-state index in [1.54, 1.807) is 6.07 Å². The molecule has 0 heterocycles. The van der Waals surface area contributed by atoms with E-state index in [1.165, 1.54) is 12.1 Å². The minimum atomic E-state index is -4.27. The van der Waals surface area contributed by atoms with E-state index in [4.69, 9.17) is 0 Å². The van der Waals surface area contributed by atoms with Gasteiger partial charge in [0.1, 0.15) is 6.29 Å². The Kier molecular flexibility index (Phi) is 3.22. The Morgan fingerprint density at radius 1 is 1.35 bits per heavy atom. The number of aldehydes is 1. The molecule has 1 aliphatic rings. The molecule has 2 unspecified atom stereocenters. The van der Waals surface area contributed by atoms with Crippen LogP contribution in [-0.4, -0.2) is 6.29 Å². The molecule has 1 nitrogen and oxygen atoms in total. The third-order valence-electron chi connectivity index (χ3n) is 3.22. The summed E-state index contributed by atoms with van der Waals surface area (Å²) >= 11 is 0. The lowest BCUT2D eigenvalue weighted by Crippen LogP contribution is -2.05. The van der Waals surface area contributed by atoms with Crippen molar-refractivity contribution in [1.82, 2.24) is 0 Å². The van der Waals surface area contributed by atoms with Crippen molar-refractivity contribution >= 4 is 6.29 Å². The predicted molar refractivity (Wildman–Crippen MR) is 57.6 cm³/mol. The van der Waals surface area contributed by atoms with Gasteiger partial charge >= 0.3 is 6.18 Å². The molecule has 0 N–H and O–H groups in total. The van der Waals surface area contributed by atoms with E-state index in [1.807, 2.05) is 0 Å². The molecule has 0 saturated heterocycles. The van der Waals surface area contributed by atoms with Crippen LogP contribution in [-0.2, 0) is 11.0 Å².